The molecule has 0 atom stereocenters. The summed E-state index contributed by atoms with van der Waals surface area (Å²) in [7, 11) is 1.56. The van der Waals surface area contributed by atoms with E-state index in [1.807, 2.05) is 17.4 Å². The highest BCUT2D eigenvalue weighted by Gasteiger charge is 2.22. The van der Waals surface area contributed by atoms with Gasteiger partial charge in [-0.25, -0.2) is 4.98 Å². The first-order valence-corrected chi connectivity index (χ1v) is 7.23. The minimum atomic E-state index is 0.0926. The summed E-state index contributed by atoms with van der Waals surface area (Å²) in [6, 6.07) is 0.474. The molecule has 20 heavy (non-hydrogen) atoms. The molecule has 112 valence electrons. The molecule has 1 saturated heterocycles. The molecule has 1 fully saturated rings. The van der Waals surface area contributed by atoms with Crippen LogP contribution in [-0.4, -0.2) is 53.2 Å². The topological polar surface area (TPSA) is 59.4 Å². The largest absolute Gasteiger partial charge is 0.375 e. The van der Waals surface area contributed by atoms with Gasteiger partial charge in [-0.1, -0.05) is 0 Å². The van der Waals surface area contributed by atoms with Crippen LogP contribution in [0.3, 0.4) is 0 Å². The van der Waals surface area contributed by atoms with E-state index in [1.54, 1.807) is 7.11 Å². The number of piperidine rings is 1. The number of aryl methyl sites for hydroxylation is 1. The van der Waals surface area contributed by atoms with Gasteiger partial charge in [0.15, 0.2) is 0 Å². The van der Waals surface area contributed by atoms with Crippen molar-refractivity contribution in [2.24, 2.45) is 0 Å². The summed E-state index contributed by atoms with van der Waals surface area (Å²) < 4.78 is 7.03. The lowest BCUT2D eigenvalue weighted by molar-refractivity contribution is -0.136. The van der Waals surface area contributed by atoms with Gasteiger partial charge in [0.2, 0.25) is 5.91 Å². The smallest absolute Gasteiger partial charge is 0.248 e. The number of likely N-dealkylation sites (tertiary alicyclic amines) is 1. The van der Waals surface area contributed by atoms with Gasteiger partial charge in [-0.2, -0.15) is 0 Å². The third-order valence-corrected chi connectivity index (χ3v) is 3.83. The van der Waals surface area contributed by atoms with E-state index in [4.69, 9.17) is 4.74 Å². The van der Waals surface area contributed by atoms with Crippen LogP contribution < -0.4 is 5.32 Å². The Morgan fingerprint density at radius 3 is 2.90 bits per heavy atom. The molecule has 0 spiro atoms. The standard InChI is InChI=1S/C14H24N4O2/c1-3-17-11-15-8-13(17)9-16-12-4-6-18(7-5-12)14(19)10-20-2/h8,11-12,16H,3-7,9-10H2,1-2H3. The third kappa shape index (κ3) is 3.80. The van der Waals surface area contributed by atoms with Gasteiger partial charge in [-0.15, -0.1) is 0 Å². The second kappa shape index (κ2) is 7.40. The van der Waals surface area contributed by atoms with Gasteiger partial charge >= 0.3 is 0 Å². The lowest BCUT2D eigenvalue weighted by Crippen LogP contribution is -2.45. The summed E-state index contributed by atoms with van der Waals surface area (Å²) >= 11 is 0. The first-order chi connectivity index (χ1) is 9.74. The minimum Gasteiger partial charge on any atom is -0.375 e. The van der Waals surface area contributed by atoms with E-state index in [0.717, 1.165) is 39.0 Å². The Bertz CT molecular complexity index is 425. The average Bonchev–Trinajstić information content (AvgIpc) is 2.93. The van der Waals surface area contributed by atoms with E-state index in [9.17, 15) is 4.79 Å². The van der Waals surface area contributed by atoms with Gasteiger partial charge < -0.3 is 19.5 Å². The summed E-state index contributed by atoms with van der Waals surface area (Å²) in [5, 5.41) is 3.56. The molecule has 2 heterocycles. The molecule has 2 rings (SSSR count). The Kier molecular flexibility index (Phi) is 5.55. The minimum absolute atomic E-state index is 0.0926. The molecule has 6 heteroatoms. The third-order valence-electron chi connectivity index (χ3n) is 3.83. The Morgan fingerprint density at radius 1 is 1.50 bits per heavy atom. The van der Waals surface area contributed by atoms with Crippen molar-refractivity contribution in [2.75, 3.05) is 26.8 Å². The lowest BCUT2D eigenvalue weighted by Gasteiger charge is -2.32. The quantitative estimate of drug-likeness (QED) is 0.830. The number of hydrogen-bond donors (Lipinski definition) is 1. The van der Waals surface area contributed by atoms with Crippen LogP contribution in [0.15, 0.2) is 12.5 Å². The normalized spacial score (nSPS) is 16.6. The van der Waals surface area contributed by atoms with Crippen molar-refractivity contribution >= 4 is 5.91 Å². The highest BCUT2D eigenvalue weighted by molar-refractivity contribution is 5.77. The molecule has 0 bridgehead atoms. The van der Waals surface area contributed by atoms with Crippen LogP contribution in [0.4, 0.5) is 0 Å². The molecule has 1 amide bonds. The molecular formula is C14H24N4O2. The van der Waals surface area contributed by atoms with Gasteiger partial charge in [0.25, 0.3) is 0 Å². The number of nitrogens with one attached hydrogen (secondary N) is 1. The number of aromatic nitrogens is 2. The number of carbonyl (C=O) groups excluding carboxylic acids is 1. The molecule has 1 aliphatic rings. The maximum Gasteiger partial charge on any atom is 0.248 e. The number of rotatable bonds is 6. The van der Waals surface area contributed by atoms with Crippen LogP contribution in [-0.2, 0) is 22.6 Å². The van der Waals surface area contributed by atoms with E-state index in [1.165, 1.54) is 5.69 Å². The van der Waals surface area contributed by atoms with Crippen molar-refractivity contribution in [2.45, 2.75) is 38.9 Å². The zero-order chi connectivity index (χ0) is 14.4. The molecule has 0 aliphatic carbocycles. The van der Waals surface area contributed by atoms with Crippen molar-refractivity contribution in [3.8, 4) is 0 Å². The molecule has 1 aliphatic heterocycles. The van der Waals surface area contributed by atoms with Crippen LogP contribution in [0, 0.1) is 0 Å². The van der Waals surface area contributed by atoms with Crippen molar-refractivity contribution in [1.82, 2.24) is 19.8 Å². The Balaban J connectivity index is 1.73. The lowest BCUT2D eigenvalue weighted by atomic mass is 10.0. The van der Waals surface area contributed by atoms with Crippen LogP contribution >= 0.6 is 0 Å². The number of carbonyl (C=O) groups is 1. The van der Waals surface area contributed by atoms with Gasteiger partial charge in [0, 0.05) is 45.5 Å². The maximum atomic E-state index is 11.7. The van der Waals surface area contributed by atoms with Crippen molar-refractivity contribution in [1.29, 1.82) is 0 Å². The summed E-state index contributed by atoms with van der Waals surface area (Å²) in [4.78, 5) is 17.8. The van der Waals surface area contributed by atoms with Crippen LogP contribution in [0.2, 0.25) is 0 Å². The van der Waals surface area contributed by atoms with Gasteiger partial charge in [-0.05, 0) is 19.8 Å². The summed E-state index contributed by atoms with van der Waals surface area (Å²) in [6.07, 6.45) is 5.77. The molecule has 1 N–H and O–H groups in total. The van der Waals surface area contributed by atoms with Crippen molar-refractivity contribution < 1.29 is 9.53 Å². The fourth-order valence-corrected chi connectivity index (χ4v) is 2.58. The summed E-state index contributed by atoms with van der Waals surface area (Å²) in [5.74, 6) is 0.0926. The second-order valence-electron chi connectivity index (χ2n) is 5.14. The number of ether oxygens (including phenoxy) is 1. The van der Waals surface area contributed by atoms with Gasteiger partial charge in [0.05, 0.1) is 12.0 Å². The van der Waals surface area contributed by atoms with E-state index >= 15 is 0 Å². The molecule has 1 aromatic heterocycles. The van der Waals surface area contributed by atoms with Crippen LogP contribution in [0.5, 0.6) is 0 Å². The number of nitrogens with zero attached hydrogens (tertiary/aromatic N) is 3. The highest BCUT2D eigenvalue weighted by Crippen LogP contribution is 2.11. The molecule has 1 aromatic rings. The maximum absolute atomic E-state index is 11.7. The molecule has 0 radical (unpaired) electrons. The summed E-state index contributed by atoms with van der Waals surface area (Å²) in [6.45, 7) is 5.71. The number of methoxy groups -OCH3 is 1. The van der Waals surface area contributed by atoms with Crippen LogP contribution in [0.25, 0.3) is 0 Å². The second-order valence-corrected chi connectivity index (χ2v) is 5.14. The van der Waals surface area contributed by atoms with E-state index < -0.39 is 0 Å². The molecule has 0 aromatic carbocycles. The van der Waals surface area contributed by atoms with Crippen molar-refractivity contribution in [3.05, 3.63) is 18.2 Å². The predicted molar refractivity (Wildman–Crippen MR) is 76.2 cm³/mol. The SMILES string of the molecule is CCn1cncc1CNC1CCN(C(=O)COC)CC1. The average molecular weight is 280 g/mol. The molecule has 0 saturated carbocycles. The number of hydrogen-bond acceptors (Lipinski definition) is 4. The van der Waals surface area contributed by atoms with Crippen molar-refractivity contribution in [3.63, 3.8) is 0 Å². The monoisotopic (exact) mass is 280 g/mol. The van der Waals surface area contributed by atoms with E-state index in [-0.39, 0.29) is 12.5 Å². The Morgan fingerprint density at radius 2 is 2.25 bits per heavy atom. The highest BCUT2D eigenvalue weighted by atomic mass is 16.5. The molecule has 6 nitrogen and oxygen atoms in total. The van der Waals surface area contributed by atoms with Crippen LogP contribution in [0.1, 0.15) is 25.5 Å². The molecule has 0 unspecified atom stereocenters. The Hall–Kier alpha value is -1.40. The predicted octanol–water partition coefficient (Wildman–Crippen LogP) is 0.630. The Labute approximate surface area is 120 Å². The zero-order valence-corrected chi connectivity index (χ0v) is 12.3. The molecular weight excluding hydrogens is 256 g/mol. The first kappa shape index (κ1) is 15.0. The zero-order valence-electron chi connectivity index (χ0n) is 12.3. The van der Waals surface area contributed by atoms with Gasteiger partial charge in [0.1, 0.15) is 6.61 Å². The van der Waals surface area contributed by atoms with Gasteiger partial charge in [-0.3, -0.25) is 4.79 Å². The fourth-order valence-electron chi connectivity index (χ4n) is 2.58. The first-order valence-electron chi connectivity index (χ1n) is 7.23. The fraction of sp³-hybridized carbons (Fsp3) is 0.714. The number of imidazole rings is 1. The summed E-state index contributed by atoms with van der Waals surface area (Å²) in [5.41, 5.74) is 1.21. The number of amides is 1. The van der Waals surface area contributed by atoms with E-state index in [0.29, 0.717) is 6.04 Å². The van der Waals surface area contributed by atoms with E-state index in [2.05, 4.69) is 21.8 Å².